The molecule has 0 aliphatic carbocycles. The zero-order valence-corrected chi connectivity index (χ0v) is 50.7. The Hall–Kier alpha value is -13.0. The fraction of sp³-hybridized carbons (Fsp3) is 0.0933. The van der Waals surface area contributed by atoms with Crippen molar-refractivity contribution >= 4 is 73.1 Å². The number of aryl methyl sites for hydroxylation is 3. The zero-order chi connectivity index (χ0) is 64.3. The summed E-state index contributed by atoms with van der Waals surface area (Å²) in [6.07, 6.45) is 8.88. The summed E-state index contributed by atoms with van der Waals surface area (Å²) in [6, 6.07) is 52.7. The van der Waals surface area contributed by atoms with Crippen molar-refractivity contribution in [2.45, 2.75) is 20.8 Å². The van der Waals surface area contributed by atoms with E-state index < -0.39 is 0 Å². The van der Waals surface area contributed by atoms with Crippen molar-refractivity contribution in [1.82, 2.24) is 30.6 Å². The SMILES string of the molecule is C(#Cc1cncc2ccccc12)c1ccc(C2=NCCN2)cc1.Cc1ccc2cnc(N)c(C#Cc3ccc(C(N)=NO)cc3)c2c1.Cc1ccc2cnc(N)c(C#Cc3cccc(C(N)=NO)c3)c2c1.Cc1ccnc(N)c1C#Cc1ccc(C2=NCCN2)cc1. The van der Waals surface area contributed by atoms with E-state index in [1.54, 1.807) is 61.1 Å². The van der Waals surface area contributed by atoms with Gasteiger partial charge in [0.15, 0.2) is 11.7 Å². The van der Waals surface area contributed by atoms with E-state index in [0.717, 1.165) is 137 Å². The van der Waals surface area contributed by atoms with E-state index in [2.05, 4.69) is 129 Å². The molecule has 11 aromatic rings. The van der Waals surface area contributed by atoms with Gasteiger partial charge in [-0.25, -0.2) is 15.0 Å². The summed E-state index contributed by atoms with van der Waals surface area (Å²) in [7, 11) is 0. The number of oxime groups is 2. The van der Waals surface area contributed by atoms with Crippen molar-refractivity contribution in [1.29, 1.82) is 0 Å². The van der Waals surface area contributed by atoms with Crippen molar-refractivity contribution in [3.8, 4) is 47.4 Å². The van der Waals surface area contributed by atoms with E-state index in [-0.39, 0.29) is 11.7 Å². The molecule has 0 bridgehead atoms. The molecule has 0 fully saturated rings. The summed E-state index contributed by atoms with van der Waals surface area (Å²) < 4.78 is 0. The Bertz CT molecular complexity index is 4920. The molecule has 14 N–H and O–H groups in total. The number of hydrogen-bond donors (Lipinski definition) is 9. The first-order valence-corrected chi connectivity index (χ1v) is 29.2. The molecule has 6 heterocycles. The van der Waals surface area contributed by atoms with Gasteiger partial charge in [-0.1, -0.05) is 154 Å². The van der Waals surface area contributed by atoms with Gasteiger partial charge in [0.2, 0.25) is 0 Å². The molecule has 0 saturated carbocycles. The Morgan fingerprint density at radius 2 is 0.924 bits per heavy atom. The lowest BCUT2D eigenvalue weighted by Crippen LogP contribution is -2.19. The highest BCUT2D eigenvalue weighted by atomic mass is 16.4. The molecule has 13 rings (SSSR count). The van der Waals surface area contributed by atoms with E-state index >= 15 is 0 Å². The van der Waals surface area contributed by atoms with Crippen LogP contribution in [0.3, 0.4) is 0 Å². The van der Waals surface area contributed by atoms with Gasteiger partial charge in [-0.05, 0) is 105 Å². The van der Waals surface area contributed by atoms with Gasteiger partial charge < -0.3 is 49.7 Å². The van der Waals surface area contributed by atoms with Gasteiger partial charge in [0.1, 0.15) is 29.1 Å². The normalized spacial score (nSPS) is 12.1. The van der Waals surface area contributed by atoms with Crippen molar-refractivity contribution in [2.24, 2.45) is 31.8 Å². The average molecular weight is 1210 g/mol. The number of fused-ring (bicyclic) bond motifs is 3. The second-order valence-electron chi connectivity index (χ2n) is 21.1. The molecular weight excluding hydrogens is 1140 g/mol. The van der Waals surface area contributed by atoms with E-state index in [4.69, 9.17) is 39.1 Å². The van der Waals surface area contributed by atoms with Crippen molar-refractivity contribution in [2.75, 3.05) is 43.4 Å². The highest BCUT2D eigenvalue weighted by Crippen LogP contribution is 2.25. The van der Waals surface area contributed by atoms with Crippen LogP contribution in [0.15, 0.2) is 215 Å². The van der Waals surface area contributed by atoms with Gasteiger partial charge >= 0.3 is 0 Å². The molecule has 450 valence electrons. The molecule has 2 aliphatic heterocycles. The fourth-order valence-corrected chi connectivity index (χ4v) is 9.65. The summed E-state index contributed by atoms with van der Waals surface area (Å²) in [5, 5.41) is 36.1. The third-order valence-electron chi connectivity index (χ3n) is 14.6. The van der Waals surface area contributed by atoms with Crippen LogP contribution in [-0.4, -0.2) is 79.9 Å². The molecule has 2 aliphatic rings. The molecule has 4 aromatic heterocycles. The number of nitrogens with zero attached hydrogens (tertiary/aromatic N) is 8. The average Bonchev–Trinajstić information content (AvgIpc) is 3.31. The van der Waals surface area contributed by atoms with Crippen LogP contribution >= 0.6 is 0 Å². The number of aromatic nitrogens is 4. The standard InChI is InChI=1S/C20H15N3.2C19H16N4O.C17H16N4/c1-2-4-19-17(3-1)13-21-14-18(19)10-7-15-5-8-16(9-6-15)20-22-11-12-23-20;1-12-2-6-15-11-22-19(21)16(17(15)10-12)9-5-13-3-7-14(8-4-13)18(20)23-24;1-12-5-7-15-11-22-19(21)16(17(15)9-12)8-6-13-3-2-4-14(10-13)18(20)23-24;1-12-8-9-19-16(18)15(12)7-4-13-2-5-14(6-3-13)17-20-10-11-21-17/h1-6,8-9,13-14H,11-12H2,(H,22,23);2-4,6-8,10-11,24H,1H3,(H2,20,23)(H2,21,22);2-5,7,9-11,24H,1H3,(H2,20,23)(H2,21,22);2-3,5-6,8-9H,10-11H2,1H3,(H2,18,19)(H,20,21). The lowest BCUT2D eigenvalue weighted by atomic mass is 10.0. The molecule has 0 radical (unpaired) electrons. The minimum atomic E-state index is 0.0422. The number of pyridine rings is 4. The van der Waals surface area contributed by atoms with E-state index in [1.807, 2.05) is 124 Å². The largest absolute Gasteiger partial charge is 0.409 e. The Kier molecular flexibility index (Phi) is 20.0. The number of nitrogens with one attached hydrogen (secondary N) is 2. The van der Waals surface area contributed by atoms with Crippen LogP contribution in [0.2, 0.25) is 0 Å². The van der Waals surface area contributed by atoms with Gasteiger partial charge in [-0.2, -0.15) is 0 Å². The molecule has 17 heteroatoms. The predicted octanol–water partition coefficient (Wildman–Crippen LogP) is 9.95. The molecular formula is C75H63N15O2. The topological polar surface area (TPSA) is 296 Å². The van der Waals surface area contributed by atoms with Crippen LogP contribution in [0.5, 0.6) is 0 Å². The first-order chi connectivity index (χ1) is 44.8. The highest BCUT2D eigenvalue weighted by molar-refractivity contribution is 6.01. The quantitative estimate of drug-likeness (QED) is 0.0261. The molecule has 0 atom stereocenters. The summed E-state index contributed by atoms with van der Waals surface area (Å²) in [5.74, 6) is 28.4. The molecule has 0 unspecified atom stereocenters. The number of hydrogen-bond acceptors (Lipinski definition) is 15. The minimum absolute atomic E-state index is 0.0422. The third kappa shape index (κ3) is 15.8. The maximum absolute atomic E-state index is 8.77. The third-order valence-corrected chi connectivity index (χ3v) is 14.6. The molecule has 0 saturated heterocycles. The van der Waals surface area contributed by atoms with Gasteiger partial charge in [-0.3, -0.25) is 15.0 Å². The molecule has 0 amide bonds. The second kappa shape index (κ2) is 29.6. The monoisotopic (exact) mass is 1210 g/mol. The van der Waals surface area contributed by atoms with E-state index in [0.29, 0.717) is 34.1 Å². The van der Waals surface area contributed by atoms with Crippen LogP contribution in [0.25, 0.3) is 32.3 Å². The number of aliphatic imine (C=N–C) groups is 2. The van der Waals surface area contributed by atoms with Crippen LogP contribution in [0.1, 0.15) is 83.5 Å². The van der Waals surface area contributed by atoms with Crippen molar-refractivity contribution < 1.29 is 10.4 Å². The fourth-order valence-electron chi connectivity index (χ4n) is 9.65. The van der Waals surface area contributed by atoms with Crippen LogP contribution in [0, 0.1) is 68.1 Å². The number of nitrogen functional groups attached to an aromatic ring is 3. The van der Waals surface area contributed by atoms with Crippen molar-refractivity contribution in [3.05, 3.63) is 278 Å². The number of nitrogens with two attached hydrogens (primary N) is 5. The lowest BCUT2D eigenvalue weighted by Gasteiger charge is -2.04. The molecule has 0 spiro atoms. The smallest absolute Gasteiger partial charge is 0.170 e. The number of rotatable bonds is 4. The Morgan fingerprint density at radius 3 is 1.46 bits per heavy atom. The number of amidine groups is 4. The van der Waals surface area contributed by atoms with Gasteiger partial charge in [0, 0.05) is 121 Å². The maximum atomic E-state index is 8.77. The first-order valence-electron chi connectivity index (χ1n) is 29.2. The highest BCUT2D eigenvalue weighted by Gasteiger charge is 2.11. The predicted molar refractivity (Wildman–Crippen MR) is 370 cm³/mol. The Balaban J connectivity index is 0.000000135. The first kappa shape index (κ1) is 62.1. The summed E-state index contributed by atoms with van der Waals surface area (Å²) >= 11 is 0. The molecule has 92 heavy (non-hydrogen) atoms. The second-order valence-corrected chi connectivity index (χ2v) is 21.1. The summed E-state index contributed by atoms with van der Waals surface area (Å²) in [5.41, 5.74) is 42.4. The number of anilines is 3. The van der Waals surface area contributed by atoms with Crippen LogP contribution in [-0.2, 0) is 0 Å². The maximum Gasteiger partial charge on any atom is 0.170 e. The van der Waals surface area contributed by atoms with Gasteiger partial charge in [0.05, 0.1) is 35.3 Å². The zero-order valence-electron chi connectivity index (χ0n) is 50.7. The van der Waals surface area contributed by atoms with Crippen molar-refractivity contribution in [3.63, 3.8) is 0 Å². The van der Waals surface area contributed by atoms with Crippen LogP contribution < -0.4 is 39.3 Å². The molecule has 7 aromatic carbocycles. The van der Waals surface area contributed by atoms with Gasteiger partial charge in [-0.15, -0.1) is 0 Å². The van der Waals surface area contributed by atoms with E-state index in [9.17, 15) is 0 Å². The molecule has 17 nitrogen and oxygen atoms in total. The van der Waals surface area contributed by atoms with E-state index in [1.165, 1.54) is 0 Å². The number of benzene rings is 7. The summed E-state index contributed by atoms with van der Waals surface area (Å²) in [4.78, 5) is 25.6. The van der Waals surface area contributed by atoms with Crippen LogP contribution in [0.4, 0.5) is 17.5 Å². The Labute approximate surface area is 533 Å². The lowest BCUT2D eigenvalue weighted by molar-refractivity contribution is 0.318. The summed E-state index contributed by atoms with van der Waals surface area (Å²) in [6.45, 7) is 9.56. The minimum Gasteiger partial charge on any atom is -0.409 e. The Morgan fingerprint density at radius 1 is 0.435 bits per heavy atom. The van der Waals surface area contributed by atoms with Gasteiger partial charge in [0.25, 0.3) is 0 Å².